The van der Waals surface area contributed by atoms with Gasteiger partial charge in [0.1, 0.15) is 0 Å². The van der Waals surface area contributed by atoms with Gasteiger partial charge in [-0.15, -0.1) is 11.1 Å². The molecule has 0 aromatic carbocycles. The smallest absolute Gasteiger partial charge is 0.228 e. The van der Waals surface area contributed by atoms with Gasteiger partial charge in [-0.25, -0.2) is 0 Å². The summed E-state index contributed by atoms with van der Waals surface area (Å²) in [6.45, 7) is 8.63. The van der Waals surface area contributed by atoms with Crippen LogP contribution in [0, 0.1) is 0 Å². The number of hydrogen-bond acceptors (Lipinski definition) is 1. The molecule has 1 unspecified atom stereocenters. The minimum Gasteiger partial charge on any atom is -0.328 e. The summed E-state index contributed by atoms with van der Waals surface area (Å²) in [6.07, 6.45) is 0. The van der Waals surface area contributed by atoms with E-state index in [0.29, 0.717) is 0 Å². The highest BCUT2D eigenvalue weighted by atomic mass is 35.6. The Labute approximate surface area is 63.6 Å². The van der Waals surface area contributed by atoms with Crippen LogP contribution in [0.4, 0.5) is 0 Å². The van der Waals surface area contributed by atoms with Crippen LogP contribution < -0.4 is 4.98 Å². The SMILES string of the molecule is CN[Si](C)(Cl)C(C)(C)C. The van der Waals surface area contributed by atoms with Gasteiger partial charge >= 0.3 is 0 Å². The third-order valence-electron chi connectivity index (χ3n) is 1.88. The van der Waals surface area contributed by atoms with E-state index < -0.39 is 7.55 Å². The highest BCUT2D eigenvalue weighted by Gasteiger charge is 2.37. The number of halogens is 1. The van der Waals surface area contributed by atoms with E-state index in [4.69, 9.17) is 11.1 Å². The molecule has 1 N–H and O–H groups in total. The first-order valence-corrected chi connectivity index (χ1v) is 6.70. The molecule has 0 aliphatic rings. The molecule has 9 heavy (non-hydrogen) atoms. The van der Waals surface area contributed by atoms with Gasteiger partial charge in [0.25, 0.3) is 0 Å². The van der Waals surface area contributed by atoms with Crippen molar-refractivity contribution in [1.82, 2.24) is 4.98 Å². The summed E-state index contributed by atoms with van der Waals surface area (Å²) < 4.78 is 0. The van der Waals surface area contributed by atoms with Crippen LogP contribution in [0.1, 0.15) is 20.8 Å². The summed E-state index contributed by atoms with van der Waals surface area (Å²) in [5, 5.41) is 0.239. The third-order valence-corrected chi connectivity index (χ3v) is 7.90. The molecule has 0 rings (SSSR count). The van der Waals surface area contributed by atoms with E-state index in [-0.39, 0.29) is 5.04 Å². The van der Waals surface area contributed by atoms with E-state index >= 15 is 0 Å². The average molecular weight is 166 g/mol. The van der Waals surface area contributed by atoms with Crippen LogP contribution in [0.5, 0.6) is 0 Å². The molecule has 0 spiro atoms. The lowest BCUT2D eigenvalue weighted by Gasteiger charge is -2.32. The first kappa shape index (κ1) is 9.47. The molecule has 0 amide bonds. The molecule has 0 radical (unpaired) electrons. The zero-order chi connectivity index (χ0) is 7.71. The van der Waals surface area contributed by atoms with Crippen molar-refractivity contribution < 1.29 is 0 Å². The van der Waals surface area contributed by atoms with Crippen molar-refractivity contribution in [2.24, 2.45) is 0 Å². The molecular weight excluding hydrogens is 150 g/mol. The second-order valence-electron chi connectivity index (χ2n) is 3.50. The third kappa shape index (κ3) is 2.28. The summed E-state index contributed by atoms with van der Waals surface area (Å²) in [6, 6.07) is 0. The fourth-order valence-corrected chi connectivity index (χ4v) is 1.12. The Bertz CT molecular complexity index is 95.7. The molecule has 0 aromatic heterocycles. The summed E-state index contributed by atoms with van der Waals surface area (Å²) in [7, 11) is 0.278. The van der Waals surface area contributed by atoms with Crippen LogP contribution in [-0.2, 0) is 0 Å². The van der Waals surface area contributed by atoms with Crippen molar-refractivity contribution in [3.8, 4) is 0 Å². The highest BCUT2D eigenvalue weighted by Crippen LogP contribution is 2.35. The molecule has 56 valence electrons. The van der Waals surface area contributed by atoms with Crippen LogP contribution in [0.25, 0.3) is 0 Å². The Balaban J connectivity index is 4.14. The summed E-state index contributed by atoms with van der Waals surface area (Å²) in [5.74, 6) is 0. The van der Waals surface area contributed by atoms with Gasteiger partial charge in [0.05, 0.1) is 0 Å². The predicted molar refractivity (Wildman–Crippen MR) is 46.2 cm³/mol. The Morgan fingerprint density at radius 2 is 1.67 bits per heavy atom. The number of rotatable bonds is 1. The predicted octanol–water partition coefficient (Wildman–Crippen LogP) is 2.32. The second kappa shape index (κ2) is 2.60. The largest absolute Gasteiger partial charge is 0.328 e. The lowest BCUT2D eigenvalue weighted by Crippen LogP contribution is -2.47. The topological polar surface area (TPSA) is 12.0 Å². The van der Waals surface area contributed by atoms with Gasteiger partial charge in [-0.2, -0.15) is 0 Å². The second-order valence-corrected chi connectivity index (χ2v) is 9.78. The molecule has 0 aliphatic carbocycles. The van der Waals surface area contributed by atoms with Crippen LogP contribution in [0.2, 0.25) is 11.6 Å². The maximum atomic E-state index is 6.22. The van der Waals surface area contributed by atoms with E-state index in [9.17, 15) is 0 Å². The molecule has 1 nitrogen and oxygen atoms in total. The molecular formula is C6H16ClNSi. The van der Waals surface area contributed by atoms with Crippen LogP contribution in [0.15, 0.2) is 0 Å². The quantitative estimate of drug-likeness (QED) is 0.465. The summed E-state index contributed by atoms with van der Waals surface area (Å²) >= 11 is 6.22. The minimum absolute atomic E-state index is 0.239. The fourth-order valence-electron chi connectivity index (χ4n) is 0.375. The van der Waals surface area contributed by atoms with E-state index in [0.717, 1.165) is 0 Å². The van der Waals surface area contributed by atoms with E-state index in [1.807, 2.05) is 7.05 Å². The zero-order valence-electron chi connectivity index (χ0n) is 6.88. The lowest BCUT2D eigenvalue weighted by molar-refractivity contribution is 0.715. The molecule has 0 fully saturated rings. The summed E-state index contributed by atoms with van der Waals surface area (Å²) in [4.78, 5) is 3.19. The molecule has 0 bridgehead atoms. The van der Waals surface area contributed by atoms with Crippen LogP contribution in [-0.4, -0.2) is 14.6 Å². The standard InChI is InChI=1S/C6H16ClNSi/c1-6(2,3)9(5,7)8-4/h8H,1-5H3. The zero-order valence-corrected chi connectivity index (χ0v) is 8.63. The molecule has 0 aromatic rings. The fraction of sp³-hybridized carbons (Fsp3) is 1.00. The van der Waals surface area contributed by atoms with Crippen molar-refractivity contribution in [2.45, 2.75) is 32.4 Å². The van der Waals surface area contributed by atoms with Crippen molar-refractivity contribution >= 4 is 18.6 Å². The van der Waals surface area contributed by atoms with E-state index in [2.05, 4.69) is 32.3 Å². The van der Waals surface area contributed by atoms with Crippen LogP contribution >= 0.6 is 11.1 Å². The van der Waals surface area contributed by atoms with Gasteiger partial charge in [-0.3, -0.25) is 0 Å². The number of nitrogens with one attached hydrogen (secondary N) is 1. The molecule has 0 heterocycles. The van der Waals surface area contributed by atoms with E-state index in [1.54, 1.807) is 0 Å². The first-order valence-electron chi connectivity index (χ1n) is 3.19. The van der Waals surface area contributed by atoms with Gasteiger partial charge in [0, 0.05) is 0 Å². The Morgan fingerprint density at radius 1 is 1.33 bits per heavy atom. The van der Waals surface area contributed by atoms with Gasteiger partial charge in [-0.1, -0.05) is 20.8 Å². The van der Waals surface area contributed by atoms with E-state index in [1.165, 1.54) is 0 Å². The molecule has 0 aliphatic heterocycles. The van der Waals surface area contributed by atoms with Crippen molar-refractivity contribution in [3.63, 3.8) is 0 Å². The average Bonchev–Trinajstić information content (AvgIpc) is 1.64. The Hall–Kier alpha value is 0.467. The Kier molecular flexibility index (Phi) is 2.74. The van der Waals surface area contributed by atoms with Gasteiger partial charge in [-0.05, 0) is 18.6 Å². The monoisotopic (exact) mass is 165 g/mol. The van der Waals surface area contributed by atoms with Crippen molar-refractivity contribution in [2.75, 3.05) is 7.05 Å². The summed E-state index contributed by atoms with van der Waals surface area (Å²) in [5.41, 5.74) is 0. The lowest BCUT2D eigenvalue weighted by atomic mass is 10.3. The Morgan fingerprint density at radius 3 is 1.67 bits per heavy atom. The van der Waals surface area contributed by atoms with Crippen LogP contribution in [0.3, 0.4) is 0 Å². The molecule has 1 atom stereocenters. The van der Waals surface area contributed by atoms with Gasteiger partial charge in [0.15, 0.2) is 0 Å². The van der Waals surface area contributed by atoms with Crippen molar-refractivity contribution in [1.29, 1.82) is 0 Å². The normalized spacial score (nSPS) is 19.3. The highest BCUT2D eigenvalue weighted by molar-refractivity contribution is 7.19. The van der Waals surface area contributed by atoms with Gasteiger partial charge < -0.3 is 4.98 Å². The molecule has 0 saturated heterocycles. The van der Waals surface area contributed by atoms with Gasteiger partial charge in [0.2, 0.25) is 7.55 Å². The maximum Gasteiger partial charge on any atom is 0.228 e. The maximum absolute atomic E-state index is 6.22. The first-order chi connectivity index (χ1) is 3.81. The minimum atomic E-state index is -1.66. The molecule has 0 saturated carbocycles. The molecule has 3 heteroatoms. The van der Waals surface area contributed by atoms with Crippen molar-refractivity contribution in [3.05, 3.63) is 0 Å². The number of hydrogen-bond donors (Lipinski definition) is 1.